The van der Waals surface area contributed by atoms with Crippen LogP contribution in [-0.2, 0) is 4.79 Å². The Bertz CT molecular complexity index is 428. The Labute approximate surface area is 133 Å². The SMILES string of the molecule is Cc1ccc(OC2CCN(C(=O)CCCN)CC2)cc1.Cl. The maximum atomic E-state index is 11.9. The molecule has 2 rings (SSSR count). The van der Waals surface area contributed by atoms with Crippen molar-refractivity contribution in [3.8, 4) is 5.75 Å². The average Bonchev–Trinajstić information content (AvgIpc) is 2.48. The lowest BCUT2D eigenvalue weighted by atomic mass is 10.1. The second kappa shape index (κ2) is 8.90. The van der Waals surface area contributed by atoms with Crippen LogP contribution in [0.4, 0.5) is 0 Å². The van der Waals surface area contributed by atoms with Crippen LogP contribution in [0.2, 0.25) is 0 Å². The maximum absolute atomic E-state index is 11.9. The first-order valence-corrected chi connectivity index (χ1v) is 7.40. The molecule has 0 saturated carbocycles. The molecule has 0 aromatic heterocycles. The third-order valence-corrected chi connectivity index (χ3v) is 3.71. The lowest BCUT2D eigenvalue weighted by Crippen LogP contribution is -2.41. The van der Waals surface area contributed by atoms with Gasteiger partial charge in [-0.25, -0.2) is 0 Å². The maximum Gasteiger partial charge on any atom is 0.222 e. The molecule has 0 bridgehead atoms. The highest BCUT2D eigenvalue weighted by Gasteiger charge is 2.23. The van der Waals surface area contributed by atoms with E-state index in [1.807, 2.05) is 17.0 Å². The fraction of sp³-hybridized carbons (Fsp3) is 0.562. The van der Waals surface area contributed by atoms with Crippen LogP contribution >= 0.6 is 12.4 Å². The number of halogens is 1. The van der Waals surface area contributed by atoms with Crippen LogP contribution in [0.3, 0.4) is 0 Å². The van der Waals surface area contributed by atoms with Crippen molar-refractivity contribution in [1.29, 1.82) is 0 Å². The molecule has 21 heavy (non-hydrogen) atoms. The molecule has 5 heteroatoms. The molecule has 1 aromatic rings. The Morgan fingerprint density at radius 1 is 1.29 bits per heavy atom. The normalized spacial score (nSPS) is 15.4. The number of nitrogens with two attached hydrogens (primary N) is 1. The fourth-order valence-corrected chi connectivity index (χ4v) is 2.44. The monoisotopic (exact) mass is 312 g/mol. The molecule has 118 valence electrons. The van der Waals surface area contributed by atoms with Crippen LogP contribution in [-0.4, -0.2) is 36.5 Å². The summed E-state index contributed by atoms with van der Waals surface area (Å²) in [5.74, 6) is 1.15. The average molecular weight is 313 g/mol. The van der Waals surface area contributed by atoms with Crippen molar-refractivity contribution in [2.45, 2.75) is 38.7 Å². The van der Waals surface area contributed by atoms with Gasteiger partial charge < -0.3 is 15.4 Å². The summed E-state index contributed by atoms with van der Waals surface area (Å²) in [6.07, 6.45) is 3.37. The van der Waals surface area contributed by atoms with E-state index in [1.165, 1.54) is 5.56 Å². The summed E-state index contributed by atoms with van der Waals surface area (Å²) in [6, 6.07) is 8.13. The molecule has 1 fully saturated rings. The molecule has 0 spiro atoms. The van der Waals surface area contributed by atoms with Crippen LogP contribution in [0.25, 0.3) is 0 Å². The van der Waals surface area contributed by atoms with Gasteiger partial charge in [0.15, 0.2) is 0 Å². The second-order valence-electron chi connectivity index (χ2n) is 5.40. The van der Waals surface area contributed by atoms with Crippen molar-refractivity contribution < 1.29 is 9.53 Å². The van der Waals surface area contributed by atoms with E-state index in [0.717, 1.165) is 38.1 Å². The summed E-state index contributed by atoms with van der Waals surface area (Å²) in [6.45, 7) is 4.23. The fourth-order valence-electron chi connectivity index (χ4n) is 2.44. The minimum Gasteiger partial charge on any atom is -0.490 e. The quantitative estimate of drug-likeness (QED) is 0.909. The van der Waals surface area contributed by atoms with E-state index in [2.05, 4.69) is 19.1 Å². The van der Waals surface area contributed by atoms with Gasteiger partial charge in [-0.05, 0) is 32.0 Å². The Hall–Kier alpha value is -1.26. The van der Waals surface area contributed by atoms with E-state index >= 15 is 0 Å². The Kier molecular flexibility index (Phi) is 7.54. The first-order chi connectivity index (χ1) is 9.69. The van der Waals surface area contributed by atoms with Crippen molar-refractivity contribution in [2.75, 3.05) is 19.6 Å². The number of benzene rings is 1. The van der Waals surface area contributed by atoms with Gasteiger partial charge in [0.1, 0.15) is 11.9 Å². The van der Waals surface area contributed by atoms with Crippen molar-refractivity contribution in [3.63, 3.8) is 0 Å². The van der Waals surface area contributed by atoms with Gasteiger partial charge in [-0.1, -0.05) is 17.7 Å². The van der Waals surface area contributed by atoms with Crippen LogP contribution < -0.4 is 10.5 Å². The summed E-state index contributed by atoms with van der Waals surface area (Å²) in [5.41, 5.74) is 6.67. The van der Waals surface area contributed by atoms with Crippen molar-refractivity contribution in [3.05, 3.63) is 29.8 Å². The van der Waals surface area contributed by atoms with E-state index < -0.39 is 0 Å². The van der Waals surface area contributed by atoms with Gasteiger partial charge in [-0.2, -0.15) is 0 Å². The van der Waals surface area contributed by atoms with Gasteiger partial charge in [-0.3, -0.25) is 4.79 Å². The molecule has 1 saturated heterocycles. The van der Waals surface area contributed by atoms with Crippen LogP contribution in [0.5, 0.6) is 5.75 Å². The predicted octanol–water partition coefficient (Wildman–Crippen LogP) is 2.53. The predicted molar refractivity (Wildman–Crippen MR) is 86.9 cm³/mol. The molecular weight excluding hydrogens is 288 g/mol. The van der Waals surface area contributed by atoms with E-state index in [9.17, 15) is 4.79 Å². The van der Waals surface area contributed by atoms with Crippen molar-refractivity contribution in [2.24, 2.45) is 5.73 Å². The van der Waals surface area contributed by atoms with E-state index in [0.29, 0.717) is 13.0 Å². The number of carbonyl (C=O) groups excluding carboxylic acids is 1. The third kappa shape index (κ3) is 5.56. The highest BCUT2D eigenvalue weighted by molar-refractivity contribution is 5.85. The van der Waals surface area contributed by atoms with E-state index in [4.69, 9.17) is 10.5 Å². The van der Waals surface area contributed by atoms with Gasteiger partial charge in [0.25, 0.3) is 0 Å². The largest absolute Gasteiger partial charge is 0.490 e. The summed E-state index contributed by atoms with van der Waals surface area (Å²) in [7, 11) is 0. The zero-order chi connectivity index (χ0) is 14.4. The number of hydrogen-bond acceptors (Lipinski definition) is 3. The van der Waals surface area contributed by atoms with Crippen LogP contribution in [0.15, 0.2) is 24.3 Å². The Morgan fingerprint density at radius 2 is 1.90 bits per heavy atom. The molecule has 2 N–H and O–H groups in total. The van der Waals surface area contributed by atoms with Gasteiger partial charge >= 0.3 is 0 Å². The number of carbonyl (C=O) groups is 1. The molecule has 4 nitrogen and oxygen atoms in total. The zero-order valence-electron chi connectivity index (χ0n) is 12.6. The number of aryl methyl sites for hydroxylation is 1. The summed E-state index contributed by atoms with van der Waals surface area (Å²) < 4.78 is 5.96. The number of hydrogen-bond donors (Lipinski definition) is 1. The summed E-state index contributed by atoms with van der Waals surface area (Å²) >= 11 is 0. The zero-order valence-corrected chi connectivity index (χ0v) is 13.4. The Balaban J connectivity index is 0.00000220. The second-order valence-corrected chi connectivity index (χ2v) is 5.40. The number of ether oxygens (including phenoxy) is 1. The number of amides is 1. The van der Waals surface area contributed by atoms with E-state index in [-0.39, 0.29) is 24.4 Å². The lowest BCUT2D eigenvalue weighted by molar-refractivity contribution is -0.133. The minimum atomic E-state index is 0. The van der Waals surface area contributed by atoms with Crippen molar-refractivity contribution >= 4 is 18.3 Å². The third-order valence-electron chi connectivity index (χ3n) is 3.71. The molecule has 0 atom stereocenters. The molecule has 1 heterocycles. The summed E-state index contributed by atoms with van der Waals surface area (Å²) in [4.78, 5) is 13.8. The van der Waals surface area contributed by atoms with Gasteiger partial charge in [0.05, 0.1) is 0 Å². The molecule has 0 unspecified atom stereocenters. The smallest absolute Gasteiger partial charge is 0.222 e. The lowest BCUT2D eigenvalue weighted by Gasteiger charge is -2.32. The topological polar surface area (TPSA) is 55.6 Å². The number of likely N-dealkylation sites (tertiary alicyclic amines) is 1. The highest BCUT2D eigenvalue weighted by Crippen LogP contribution is 2.20. The standard InChI is InChI=1S/C16H24N2O2.ClH/c1-13-4-6-14(7-5-13)20-15-8-11-18(12-9-15)16(19)3-2-10-17;/h4-7,15H,2-3,8-12,17H2,1H3;1H. The number of piperidine rings is 1. The van der Waals surface area contributed by atoms with Gasteiger partial charge in [0, 0.05) is 32.4 Å². The molecule has 1 aromatic carbocycles. The van der Waals surface area contributed by atoms with Crippen LogP contribution in [0, 0.1) is 6.92 Å². The van der Waals surface area contributed by atoms with Crippen molar-refractivity contribution in [1.82, 2.24) is 4.90 Å². The molecule has 0 radical (unpaired) electrons. The first-order valence-electron chi connectivity index (χ1n) is 7.40. The Morgan fingerprint density at radius 3 is 2.48 bits per heavy atom. The van der Waals surface area contributed by atoms with Gasteiger partial charge in [0.2, 0.25) is 5.91 Å². The summed E-state index contributed by atoms with van der Waals surface area (Å²) in [5, 5.41) is 0. The highest BCUT2D eigenvalue weighted by atomic mass is 35.5. The number of nitrogens with zero attached hydrogens (tertiary/aromatic N) is 1. The number of rotatable bonds is 5. The van der Waals surface area contributed by atoms with Gasteiger partial charge in [-0.15, -0.1) is 12.4 Å². The molecule has 1 aliphatic rings. The molecule has 0 aliphatic carbocycles. The first kappa shape index (κ1) is 17.8. The van der Waals surface area contributed by atoms with E-state index in [1.54, 1.807) is 0 Å². The molecular formula is C16H25ClN2O2. The minimum absolute atomic E-state index is 0. The molecule has 1 amide bonds. The van der Waals surface area contributed by atoms with Crippen LogP contribution in [0.1, 0.15) is 31.2 Å². The molecule has 1 aliphatic heterocycles.